The maximum atomic E-state index is 11.1. The standard InChI is InChI=1S/C9H12N2O3/c1-11-7(9(13)3-4-9)5-6(10-11)8(12)14-2/h5,13H,3-4H2,1-2H3. The number of rotatable bonds is 2. The molecule has 1 aliphatic rings. The highest BCUT2D eigenvalue weighted by molar-refractivity contribution is 5.87. The Labute approximate surface area is 81.3 Å². The normalized spacial score (nSPS) is 17.9. The molecule has 5 heteroatoms. The van der Waals surface area contributed by atoms with Crippen molar-refractivity contribution in [2.45, 2.75) is 18.4 Å². The van der Waals surface area contributed by atoms with Crippen LogP contribution in [0.5, 0.6) is 0 Å². The summed E-state index contributed by atoms with van der Waals surface area (Å²) >= 11 is 0. The minimum Gasteiger partial charge on any atom is -0.464 e. The number of aryl methyl sites for hydroxylation is 1. The zero-order valence-electron chi connectivity index (χ0n) is 8.15. The maximum Gasteiger partial charge on any atom is 0.358 e. The van der Waals surface area contributed by atoms with Gasteiger partial charge in [0.1, 0.15) is 5.60 Å². The second kappa shape index (κ2) is 2.81. The number of methoxy groups -OCH3 is 1. The van der Waals surface area contributed by atoms with E-state index in [2.05, 4.69) is 9.84 Å². The summed E-state index contributed by atoms with van der Waals surface area (Å²) in [5.74, 6) is -0.476. The number of esters is 1. The lowest BCUT2D eigenvalue weighted by atomic mass is 10.2. The van der Waals surface area contributed by atoms with E-state index >= 15 is 0 Å². The van der Waals surface area contributed by atoms with E-state index in [0.717, 1.165) is 12.8 Å². The Hall–Kier alpha value is -1.36. The van der Waals surface area contributed by atoms with Gasteiger partial charge in [0.15, 0.2) is 5.69 Å². The van der Waals surface area contributed by atoms with Crippen LogP contribution in [0.25, 0.3) is 0 Å². The predicted octanol–water partition coefficient (Wildman–Crippen LogP) is 0.188. The topological polar surface area (TPSA) is 64.3 Å². The number of nitrogens with zero attached hydrogens (tertiary/aromatic N) is 2. The molecule has 76 valence electrons. The fourth-order valence-corrected chi connectivity index (χ4v) is 1.48. The van der Waals surface area contributed by atoms with Crippen LogP contribution in [-0.4, -0.2) is 28.0 Å². The zero-order valence-corrected chi connectivity index (χ0v) is 8.15. The third-order valence-corrected chi connectivity index (χ3v) is 2.47. The molecule has 1 N–H and O–H groups in total. The molecule has 14 heavy (non-hydrogen) atoms. The van der Waals surface area contributed by atoms with Gasteiger partial charge in [-0.1, -0.05) is 0 Å². The summed E-state index contributed by atoms with van der Waals surface area (Å²) in [6.45, 7) is 0. The lowest BCUT2D eigenvalue weighted by molar-refractivity contribution is 0.0593. The first kappa shape index (κ1) is 9.21. The van der Waals surface area contributed by atoms with Crippen LogP contribution in [0.15, 0.2) is 6.07 Å². The maximum absolute atomic E-state index is 11.1. The van der Waals surface area contributed by atoms with E-state index in [0.29, 0.717) is 5.69 Å². The lowest BCUT2D eigenvalue weighted by Gasteiger charge is -2.05. The van der Waals surface area contributed by atoms with E-state index in [9.17, 15) is 9.90 Å². The van der Waals surface area contributed by atoms with E-state index in [1.165, 1.54) is 11.8 Å². The van der Waals surface area contributed by atoms with E-state index < -0.39 is 11.6 Å². The molecule has 0 bridgehead atoms. The Morgan fingerprint density at radius 1 is 1.71 bits per heavy atom. The first-order chi connectivity index (χ1) is 6.57. The highest BCUT2D eigenvalue weighted by Gasteiger charge is 2.45. The van der Waals surface area contributed by atoms with Crippen molar-refractivity contribution in [1.29, 1.82) is 0 Å². The van der Waals surface area contributed by atoms with Crippen molar-refractivity contribution in [3.63, 3.8) is 0 Å². The molecule has 0 amide bonds. The molecule has 1 aliphatic carbocycles. The predicted molar refractivity (Wildman–Crippen MR) is 47.7 cm³/mol. The van der Waals surface area contributed by atoms with Crippen LogP contribution < -0.4 is 0 Å². The molecule has 1 aromatic rings. The van der Waals surface area contributed by atoms with E-state index in [1.54, 1.807) is 13.1 Å². The molecule has 0 spiro atoms. The number of hydrogen-bond donors (Lipinski definition) is 1. The number of carbonyl (C=O) groups is 1. The third-order valence-electron chi connectivity index (χ3n) is 2.47. The van der Waals surface area contributed by atoms with Crippen LogP contribution in [0.3, 0.4) is 0 Å². The van der Waals surface area contributed by atoms with Crippen LogP contribution >= 0.6 is 0 Å². The third kappa shape index (κ3) is 1.29. The Morgan fingerprint density at radius 2 is 2.36 bits per heavy atom. The average Bonchev–Trinajstić information content (AvgIpc) is 2.77. The molecule has 1 heterocycles. The monoisotopic (exact) mass is 196 g/mol. The van der Waals surface area contributed by atoms with Crippen LogP contribution in [0, 0.1) is 0 Å². The van der Waals surface area contributed by atoms with E-state index in [1.807, 2.05) is 0 Å². The van der Waals surface area contributed by atoms with Gasteiger partial charge in [0.25, 0.3) is 0 Å². The van der Waals surface area contributed by atoms with Gasteiger partial charge in [-0.2, -0.15) is 5.10 Å². The van der Waals surface area contributed by atoms with Crippen molar-refractivity contribution >= 4 is 5.97 Å². The molecule has 0 aromatic carbocycles. The lowest BCUT2D eigenvalue weighted by Crippen LogP contribution is -2.10. The van der Waals surface area contributed by atoms with E-state index in [4.69, 9.17) is 0 Å². The first-order valence-electron chi connectivity index (χ1n) is 4.42. The molecular weight excluding hydrogens is 184 g/mol. The molecular formula is C9H12N2O3. The fourth-order valence-electron chi connectivity index (χ4n) is 1.48. The molecule has 1 aromatic heterocycles. The summed E-state index contributed by atoms with van der Waals surface area (Å²) in [5.41, 5.74) is 0.150. The van der Waals surface area contributed by atoms with Gasteiger partial charge in [-0.25, -0.2) is 4.79 Å². The molecule has 0 unspecified atom stereocenters. The van der Waals surface area contributed by atoms with Gasteiger partial charge in [0.05, 0.1) is 12.8 Å². The van der Waals surface area contributed by atoms with E-state index in [-0.39, 0.29) is 5.69 Å². The molecule has 0 saturated heterocycles. The average molecular weight is 196 g/mol. The van der Waals surface area contributed by atoms with Crippen molar-refractivity contribution in [3.05, 3.63) is 17.5 Å². The highest BCUT2D eigenvalue weighted by Crippen LogP contribution is 2.45. The van der Waals surface area contributed by atoms with Crippen molar-refractivity contribution in [1.82, 2.24) is 9.78 Å². The summed E-state index contributed by atoms with van der Waals surface area (Å²) in [6, 6.07) is 1.58. The largest absolute Gasteiger partial charge is 0.464 e. The van der Waals surface area contributed by atoms with Crippen molar-refractivity contribution in [2.24, 2.45) is 7.05 Å². The second-order valence-corrected chi connectivity index (χ2v) is 3.56. The Balaban J connectivity index is 2.35. The van der Waals surface area contributed by atoms with Crippen LogP contribution in [-0.2, 0) is 17.4 Å². The Kier molecular flexibility index (Phi) is 1.85. The van der Waals surface area contributed by atoms with Gasteiger partial charge in [0, 0.05) is 7.05 Å². The Morgan fingerprint density at radius 3 is 2.86 bits per heavy atom. The summed E-state index contributed by atoms with van der Waals surface area (Å²) in [5, 5.41) is 13.8. The SMILES string of the molecule is COC(=O)c1cc(C2(O)CC2)n(C)n1. The van der Waals surface area contributed by atoms with Crippen LogP contribution in [0.1, 0.15) is 29.0 Å². The van der Waals surface area contributed by atoms with Gasteiger partial charge >= 0.3 is 5.97 Å². The van der Waals surface area contributed by atoms with Gasteiger partial charge in [0.2, 0.25) is 0 Å². The number of carbonyl (C=O) groups excluding carboxylic acids is 1. The van der Waals surface area contributed by atoms with Crippen molar-refractivity contribution in [3.8, 4) is 0 Å². The van der Waals surface area contributed by atoms with Gasteiger partial charge in [-0.3, -0.25) is 4.68 Å². The molecule has 0 aliphatic heterocycles. The van der Waals surface area contributed by atoms with Crippen LogP contribution in [0.4, 0.5) is 0 Å². The minimum absolute atomic E-state index is 0.241. The highest BCUT2D eigenvalue weighted by atomic mass is 16.5. The van der Waals surface area contributed by atoms with Gasteiger partial charge in [-0.15, -0.1) is 0 Å². The summed E-state index contributed by atoms with van der Waals surface area (Å²) < 4.78 is 6.07. The van der Waals surface area contributed by atoms with Crippen molar-refractivity contribution < 1.29 is 14.6 Å². The summed E-state index contributed by atoms with van der Waals surface area (Å²) in [4.78, 5) is 11.1. The fraction of sp³-hybridized carbons (Fsp3) is 0.556. The molecule has 1 fully saturated rings. The minimum atomic E-state index is -0.770. The number of ether oxygens (including phenoxy) is 1. The second-order valence-electron chi connectivity index (χ2n) is 3.56. The summed E-state index contributed by atoms with van der Waals surface area (Å²) in [7, 11) is 3.01. The smallest absolute Gasteiger partial charge is 0.358 e. The number of hydrogen-bond acceptors (Lipinski definition) is 4. The molecule has 1 saturated carbocycles. The zero-order chi connectivity index (χ0) is 10.3. The Bertz CT molecular complexity index is 379. The van der Waals surface area contributed by atoms with Crippen LogP contribution in [0.2, 0.25) is 0 Å². The molecule has 5 nitrogen and oxygen atoms in total. The van der Waals surface area contributed by atoms with Gasteiger partial charge < -0.3 is 9.84 Å². The quantitative estimate of drug-likeness (QED) is 0.686. The molecule has 2 rings (SSSR count). The first-order valence-corrected chi connectivity index (χ1v) is 4.42. The number of aromatic nitrogens is 2. The van der Waals surface area contributed by atoms with Crippen molar-refractivity contribution in [2.75, 3.05) is 7.11 Å². The van der Waals surface area contributed by atoms with Gasteiger partial charge in [-0.05, 0) is 18.9 Å². The molecule has 0 atom stereocenters. The summed E-state index contributed by atoms with van der Waals surface area (Å²) in [6.07, 6.45) is 1.46. The number of aliphatic hydroxyl groups is 1. The molecule has 0 radical (unpaired) electrons.